The first-order valence-electron chi connectivity index (χ1n) is 8.35. The second-order valence-electron chi connectivity index (χ2n) is 6.51. The highest BCUT2D eigenvalue weighted by Crippen LogP contribution is 2.24. The van der Waals surface area contributed by atoms with E-state index in [9.17, 15) is 4.79 Å². The third kappa shape index (κ3) is 3.73. The normalized spacial score (nSPS) is 17.8. The summed E-state index contributed by atoms with van der Waals surface area (Å²) in [6.45, 7) is 6.51. The highest BCUT2D eigenvalue weighted by molar-refractivity contribution is 6.05. The van der Waals surface area contributed by atoms with Crippen molar-refractivity contribution in [1.82, 2.24) is 0 Å². The number of anilines is 2. The number of carbonyl (C=O) groups is 1. The molecular weight excluding hydrogens is 284 g/mol. The number of nitrogens with one attached hydrogen (secondary N) is 1. The largest absolute Gasteiger partial charge is 0.371 e. The molecule has 1 atom stereocenters. The van der Waals surface area contributed by atoms with Gasteiger partial charge in [0.25, 0.3) is 5.91 Å². The molecule has 3 heteroatoms. The number of piperidine rings is 1. The van der Waals surface area contributed by atoms with Crippen molar-refractivity contribution < 1.29 is 4.79 Å². The van der Waals surface area contributed by atoms with Crippen LogP contribution in [0.25, 0.3) is 0 Å². The molecule has 0 aliphatic carbocycles. The summed E-state index contributed by atoms with van der Waals surface area (Å²) in [6.07, 6.45) is 2.58. The van der Waals surface area contributed by atoms with Crippen LogP contribution in [0.1, 0.15) is 35.7 Å². The smallest absolute Gasteiger partial charge is 0.255 e. The molecule has 1 fully saturated rings. The highest BCUT2D eigenvalue weighted by atomic mass is 16.1. The van der Waals surface area contributed by atoms with Crippen LogP contribution in [-0.4, -0.2) is 19.0 Å². The lowest BCUT2D eigenvalue weighted by Crippen LogP contribution is -2.34. The standard InChI is InChI=1S/C20H24N2O/c1-15-6-5-13-22(14-15)18-11-9-17(10-12-18)21-20(23)19-8-4-3-7-16(19)2/h3-4,7-12,15H,5-6,13-14H2,1-2H3,(H,21,23). The molecular formula is C20H24N2O. The molecule has 3 nitrogen and oxygen atoms in total. The van der Waals surface area contributed by atoms with Crippen molar-refractivity contribution in [2.24, 2.45) is 5.92 Å². The zero-order valence-electron chi connectivity index (χ0n) is 13.9. The minimum atomic E-state index is -0.0533. The van der Waals surface area contributed by atoms with Crippen LogP contribution in [0.15, 0.2) is 48.5 Å². The summed E-state index contributed by atoms with van der Waals surface area (Å²) >= 11 is 0. The first-order chi connectivity index (χ1) is 11.1. The van der Waals surface area contributed by atoms with Gasteiger partial charge in [0.2, 0.25) is 0 Å². The number of benzene rings is 2. The minimum Gasteiger partial charge on any atom is -0.371 e. The molecule has 1 unspecified atom stereocenters. The van der Waals surface area contributed by atoms with Crippen LogP contribution in [0, 0.1) is 12.8 Å². The molecule has 0 saturated carbocycles. The second kappa shape index (κ2) is 6.86. The quantitative estimate of drug-likeness (QED) is 0.906. The van der Waals surface area contributed by atoms with E-state index in [1.807, 2.05) is 43.3 Å². The molecule has 23 heavy (non-hydrogen) atoms. The van der Waals surface area contributed by atoms with Crippen molar-refractivity contribution in [3.8, 4) is 0 Å². The topological polar surface area (TPSA) is 32.3 Å². The zero-order valence-corrected chi connectivity index (χ0v) is 13.9. The minimum absolute atomic E-state index is 0.0533. The third-order valence-corrected chi connectivity index (χ3v) is 4.54. The Kier molecular flexibility index (Phi) is 4.65. The number of hydrogen-bond acceptors (Lipinski definition) is 2. The van der Waals surface area contributed by atoms with Gasteiger partial charge >= 0.3 is 0 Å². The van der Waals surface area contributed by atoms with Crippen LogP contribution >= 0.6 is 0 Å². The number of rotatable bonds is 3. The number of aryl methyl sites for hydroxylation is 1. The lowest BCUT2D eigenvalue weighted by atomic mass is 10.00. The summed E-state index contributed by atoms with van der Waals surface area (Å²) in [6, 6.07) is 15.8. The van der Waals surface area contributed by atoms with Gasteiger partial charge in [-0.2, -0.15) is 0 Å². The van der Waals surface area contributed by atoms with Crippen molar-refractivity contribution in [2.45, 2.75) is 26.7 Å². The molecule has 2 aromatic rings. The van der Waals surface area contributed by atoms with Gasteiger partial charge < -0.3 is 10.2 Å². The van der Waals surface area contributed by atoms with Crippen molar-refractivity contribution in [1.29, 1.82) is 0 Å². The molecule has 0 spiro atoms. The van der Waals surface area contributed by atoms with Gasteiger partial charge in [0.05, 0.1) is 0 Å². The number of nitrogens with zero attached hydrogens (tertiary/aromatic N) is 1. The second-order valence-corrected chi connectivity index (χ2v) is 6.51. The molecule has 1 aliphatic rings. The molecule has 1 saturated heterocycles. The monoisotopic (exact) mass is 308 g/mol. The maximum absolute atomic E-state index is 12.3. The number of amides is 1. The van der Waals surface area contributed by atoms with E-state index < -0.39 is 0 Å². The Bertz CT molecular complexity index is 678. The molecule has 2 aromatic carbocycles. The first-order valence-corrected chi connectivity index (χ1v) is 8.35. The van der Waals surface area contributed by atoms with E-state index in [1.54, 1.807) is 0 Å². The van der Waals surface area contributed by atoms with E-state index in [-0.39, 0.29) is 5.91 Å². The van der Waals surface area contributed by atoms with E-state index in [1.165, 1.54) is 18.5 Å². The maximum Gasteiger partial charge on any atom is 0.255 e. The lowest BCUT2D eigenvalue weighted by molar-refractivity contribution is 0.102. The fourth-order valence-electron chi connectivity index (χ4n) is 3.21. The number of carbonyl (C=O) groups excluding carboxylic acids is 1. The highest BCUT2D eigenvalue weighted by Gasteiger charge is 2.16. The van der Waals surface area contributed by atoms with Crippen LogP contribution in [-0.2, 0) is 0 Å². The van der Waals surface area contributed by atoms with Crippen molar-refractivity contribution in [2.75, 3.05) is 23.3 Å². The molecule has 1 N–H and O–H groups in total. The van der Waals surface area contributed by atoms with E-state index in [0.717, 1.165) is 35.8 Å². The summed E-state index contributed by atoms with van der Waals surface area (Å²) in [7, 11) is 0. The van der Waals surface area contributed by atoms with E-state index in [2.05, 4.69) is 29.3 Å². The Balaban J connectivity index is 1.68. The summed E-state index contributed by atoms with van der Waals surface area (Å²) < 4.78 is 0. The molecule has 0 bridgehead atoms. The Labute approximate surface area is 138 Å². The SMILES string of the molecule is Cc1ccccc1C(=O)Nc1ccc(N2CCCC(C)C2)cc1. The van der Waals surface area contributed by atoms with Gasteiger partial charge in [-0.25, -0.2) is 0 Å². The van der Waals surface area contributed by atoms with Crippen LogP contribution in [0.3, 0.4) is 0 Å². The van der Waals surface area contributed by atoms with Crippen LogP contribution in [0.5, 0.6) is 0 Å². The third-order valence-electron chi connectivity index (χ3n) is 4.54. The van der Waals surface area contributed by atoms with Crippen LogP contribution < -0.4 is 10.2 Å². The van der Waals surface area contributed by atoms with Crippen LogP contribution in [0.2, 0.25) is 0 Å². The Hall–Kier alpha value is -2.29. The Morgan fingerprint density at radius 3 is 2.57 bits per heavy atom. The Morgan fingerprint density at radius 1 is 1.13 bits per heavy atom. The predicted molar refractivity (Wildman–Crippen MR) is 96.2 cm³/mol. The van der Waals surface area contributed by atoms with Crippen molar-refractivity contribution in [3.05, 3.63) is 59.7 Å². The molecule has 1 amide bonds. The van der Waals surface area contributed by atoms with Gasteiger partial charge in [-0.05, 0) is 61.6 Å². The summed E-state index contributed by atoms with van der Waals surface area (Å²) in [5.74, 6) is 0.701. The lowest BCUT2D eigenvalue weighted by Gasteiger charge is -2.32. The Morgan fingerprint density at radius 2 is 1.87 bits per heavy atom. The maximum atomic E-state index is 12.3. The fourth-order valence-corrected chi connectivity index (χ4v) is 3.21. The molecule has 0 aromatic heterocycles. The summed E-state index contributed by atoms with van der Waals surface area (Å²) in [5.41, 5.74) is 3.79. The fraction of sp³-hybridized carbons (Fsp3) is 0.350. The zero-order chi connectivity index (χ0) is 16.2. The van der Waals surface area contributed by atoms with Crippen molar-refractivity contribution >= 4 is 17.3 Å². The molecule has 3 rings (SSSR count). The molecule has 1 heterocycles. The predicted octanol–water partition coefficient (Wildman–Crippen LogP) is 4.48. The van der Waals surface area contributed by atoms with Gasteiger partial charge in [-0.1, -0.05) is 25.1 Å². The average Bonchev–Trinajstić information content (AvgIpc) is 2.56. The summed E-state index contributed by atoms with van der Waals surface area (Å²) in [4.78, 5) is 14.8. The van der Waals surface area contributed by atoms with Gasteiger partial charge in [0.1, 0.15) is 0 Å². The molecule has 1 aliphatic heterocycles. The van der Waals surface area contributed by atoms with E-state index >= 15 is 0 Å². The molecule has 120 valence electrons. The van der Waals surface area contributed by atoms with Gasteiger partial charge in [-0.15, -0.1) is 0 Å². The van der Waals surface area contributed by atoms with Crippen LogP contribution in [0.4, 0.5) is 11.4 Å². The van der Waals surface area contributed by atoms with Gasteiger partial charge in [0, 0.05) is 30.0 Å². The van der Waals surface area contributed by atoms with E-state index in [0.29, 0.717) is 0 Å². The van der Waals surface area contributed by atoms with E-state index in [4.69, 9.17) is 0 Å². The first kappa shape index (κ1) is 15.6. The van der Waals surface area contributed by atoms with Gasteiger partial charge in [0.15, 0.2) is 0 Å². The molecule has 0 radical (unpaired) electrons. The van der Waals surface area contributed by atoms with Crippen molar-refractivity contribution in [3.63, 3.8) is 0 Å². The number of hydrogen-bond donors (Lipinski definition) is 1. The summed E-state index contributed by atoms with van der Waals surface area (Å²) in [5, 5.41) is 2.98. The van der Waals surface area contributed by atoms with Gasteiger partial charge in [-0.3, -0.25) is 4.79 Å². The average molecular weight is 308 g/mol.